The first-order valence-corrected chi connectivity index (χ1v) is 8.88. The summed E-state index contributed by atoms with van der Waals surface area (Å²) in [6.07, 6.45) is 0.625. The Morgan fingerprint density at radius 2 is 1.62 bits per heavy atom. The highest BCUT2D eigenvalue weighted by molar-refractivity contribution is 4.92. The van der Waals surface area contributed by atoms with Gasteiger partial charge >= 0.3 is 0 Å². The molecule has 0 aromatic rings. The van der Waals surface area contributed by atoms with Gasteiger partial charge in [0.05, 0.1) is 12.2 Å². The van der Waals surface area contributed by atoms with Crippen molar-refractivity contribution in [2.24, 2.45) is 5.73 Å². The fraction of sp³-hybridized carbons (Fsp3) is 0.895. The number of hydrogen-bond acceptors (Lipinski definition) is 5. The molecule has 0 aliphatic heterocycles. The lowest BCUT2D eigenvalue weighted by atomic mass is 10.00. The second kappa shape index (κ2) is 10.4. The van der Waals surface area contributed by atoms with E-state index >= 15 is 0 Å². The lowest BCUT2D eigenvalue weighted by Crippen LogP contribution is -2.45. The highest BCUT2D eigenvalue weighted by Gasteiger charge is 2.25. The van der Waals surface area contributed by atoms with Crippen LogP contribution in [-0.4, -0.2) is 61.6 Å². The van der Waals surface area contributed by atoms with Crippen molar-refractivity contribution >= 4 is 0 Å². The van der Waals surface area contributed by atoms with Crippen molar-refractivity contribution in [3.63, 3.8) is 0 Å². The second-order valence-electron chi connectivity index (χ2n) is 8.17. The lowest BCUT2D eigenvalue weighted by Gasteiger charge is -2.36. The Labute approximate surface area is 149 Å². The standard InChI is InChI=1S/C19H40N2O3/c1-15(20)14-19(7,8)24-17(3)16(2)23-13-11-21(10-12-22-9)18(4,5)6/h15,17H,2,10-14,20H2,1,3-9H3. The number of hydrogen-bond donors (Lipinski definition) is 1. The summed E-state index contributed by atoms with van der Waals surface area (Å²) in [5, 5.41) is 0. The minimum absolute atomic E-state index is 0.0740. The van der Waals surface area contributed by atoms with E-state index in [9.17, 15) is 0 Å². The fourth-order valence-corrected chi connectivity index (χ4v) is 2.76. The van der Waals surface area contributed by atoms with E-state index in [0.717, 1.165) is 19.5 Å². The fourth-order valence-electron chi connectivity index (χ4n) is 2.76. The van der Waals surface area contributed by atoms with Crippen molar-refractivity contribution in [1.29, 1.82) is 0 Å². The second-order valence-corrected chi connectivity index (χ2v) is 8.17. The Bertz CT molecular complexity index is 362. The summed E-state index contributed by atoms with van der Waals surface area (Å²) in [5.74, 6) is 0.661. The molecule has 5 heteroatoms. The summed E-state index contributed by atoms with van der Waals surface area (Å²) in [4.78, 5) is 2.34. The molecule has 0 aliphatic carbocycles. The number of methoxy groups -OCH3 is 1. The van der Waals surface area contributed by atoms with Gasteiger partial charge in [-0.15, -0.1) is 0 Å². The molecule has 0 saturated heterocycles. The zero-order valence-electron chi connectivity index (χ0n) is 17.1. The van der Waals surface area contributed by atoms with Gasteiger partial charge in [0.25, 0.3) is 0 Å². The minimum atomic E-state index is -0.296. The van der Waals surface area contributed by atoms with E-state index < -0.39 is 0 Å². The average molecular weight is 345 g/mol. The van der Waals surface area contributed by atoms with Crippen molar-refractivity contribution < 1.29 is 14.2 Å². The van der Waals surface area contributed by atoms with E-state index in [1.165, 1.54) is 0 Å². The largest absolute Gasteiger partial charge is 0.494 e. The topological polar surface area (TPSA) is 57.0 Å². The predicted octanol–water partition coefficient (Wildman–Crippen LogP) is 3.18. The summed E-state index contributed by atoms with van der Waals surface area (Å²) >= 11 is 0. The molecule has 2 atom stereocenters. The highest BCUT2D eigenvalue weighted by Crippen LogP contribution is 2.21. The molecule has 0 aromatic carbocycles. The monoisotopic (exact) mass is 344 g/mol. The molecule has 0 radical (unpaired) electrons. The normalized spacial score (nSPS) is 15.4. The van der Waals surface area contributed by atoms with Crippen LogP contribution in [0.3, 0.4) is 0 Å². The Morgan fingerprint density at radius 3 is 2.08 bits per heavy atom. The van der Waals surface area contributed by atoms with Crippen LogP contribution >= 0.6 is 0 Å². The first-order valence-electron chi connectivity index (χ1n) is 8.88. The van der Waals surface area contributed by atoms with Crippen molar-refractivity contribution in [1.82, 2.24) is 4.90 Å². The Morgan fingerprint density at radius 1 is 1.08 bits per heavy atom. The zero-order chi connectivity index (χ0) is 19.0. The summed E-state index contributed by atoms with van der Waals surface area (Å²) in [6, 6.07) is 0.0995. The van der Waals surface area contributed by atoms with Crippen LogP contribution < -0.4 is 5.73 Å². The molecule has 0 rings (SSSR count). The van der Waals surface area contributed by atoms with E-state index in [-0.39, 0.29) is 23.3 Å². The van der Waals surface area contributed by atoms with Gasteiger partial charge in [-0.25, -0.2) is 0 Å². The maximum Gasteiger partial charge on any atom is 0.117 e. The van der Waals surface area contributed by atoms with Crippen molar-refractivity contribution in [3.05, 3.63) is 12.3 Å². The molecule has 2 N–H and O–H groups in total. The lowest BCUT2D eigenvalue weighted by molar-refractivity contribution is -0.0758. The van der Waals surface area contributed by atoms with Crippen molar-refractivity contribution in [3.8, 4) is 0 Å². The van der Waals surface area contributed by atoms with Crippen LogP contribution in [0, 0.1) is 0 Å². The van der Waals surface area contributed by atoms with Crippen LogP contribution in [0.5, 0.6) is 0 Å². The highest BCUT2D eigenvalue weighted by atomic mass is 16.5. The van der Waals surface area contributed by atoms with Crippen molar-refractivity contribution in [2.75, 3.05) is 33.4 Å². The molecule has 0 amide bonds. The number of nitrogens with zero attached hydrogens (tertiary/aromatic N) is 1. The minimum Gasteiger partial charge on any atom is -0.494 e. The third-order valence-electron chi connectivity index (χ3n) is 3.93. The van der Waals surface area contributed by atoms with Gasteiger partial charge in [-0.1, -0.05) is 6.58 Å². The van der Waals surface area contributed by atoms with Crippen molar-refractivity contribution in [2.45, 2.75) is 78.2 Å². The summed E-state index contributed by atoms with van der Waals surface area (Å²) in [6.45, 7) is 21.6. The predicted molar refractivity (Wildman–Crippen MR) is 101 cm³/mol. The SMILES string of the molecule is C=C(OCCN(CCOC)C(C)(C)C)C(C)OC(C)(C)CC(C)N. The van der Waals surface area contributed by atoms with Crippen LogP contribution in [0.1, 0.15) is 54.9 Å². The van der Waals surface area contributed by atoms with E-state index in [0.29, 0.717) is 19.0 Å². The van der Waals surface area contributed by atoms with Crippen LogP contribution in [0.2, 0.25) is 0 Å². The van der Waals surface area contributed by atoms with Gasteiger partial charge in [0.1, 0.15) is 18.5 Å². The molecular formula is C19H40N2O3. The number of ether oxygens (including phenoxy) is 3. The van der Waals surface area contributed by atoms with Gasteiger partial charge in [-0.05, 0) is 54.9 Å². The molecule has 0 bridgehead atoms. The van der Waals surface area contributed by atoms with Crippen LogP contribution in [0.4, 0.5) is 0 Å². The van der Waals surface area contributed by atoms with Gasteiger partial charge in [-0.2, -0.15) is 0 Å². The number of rotatable bonds is 12. The van der Waals surface area contributed by atoms with Gasteiger partial charge in [0.2, 0.25) is 0 Å². The van der Waals surface area contributed by atoms with E-state index in [2.05, 4.69) is 32.3 Å². The summed E-state index contributed by atoms with van der Waals surface area (Å²) in [5.41, 5.74) is 5.65. The molecule has 0 aromatic heterocycles. The van der Waals surface area contributed by atoms with Crippen LogP contribution in [0.15, 0.2) is 12.3 Å². The van der Waals surface area contributed by atoms with Crippen LogP contribution in [0.25, 0.3) is 0 Å². The summed E-state index contributed by atoms with van der Waals surface area (Å²) in [7, 11) is 1.72. The van der Waals surface area contributed by atoms with E-state index in [1.54, 1.807) is 7.11 Å². The molecule has 0 aliphatic rings. The molecule has 2 unspecified atom stereocenters. The molecule has 0 fully saturated rings. The zero-order valence-corrected chi connectivity index (χ0v) is 17.1. The van der Waals surface area contributed by atoms with Gasteiger partial charge in [0, 0.05) is 31.8 Å². The average Bonchev–Trinajstić information content (AvgIpc) is 2.38. The molecule has 24 heavy (non-hydrogen) atoms. The molecule has 0 saturated carbocycles. The Kier molecular flexibility index (Phi) is 10.1. The third-order valence-corrected chi connectivity index (χ3v) is 3.93. The molecule has 0 heterocycles. The Hall–Kier alpha value is -0.620. The van der Waals surface area contributed by atoms with Crippen LogP contribution in [-0.2, 0) is 14.2 Å². The molecule has 0 spiro atoms. The number of nitrogens with two attached hydrogens (primary N) is 1. The van der Waals surface area contributed by atoms with Gasteiger partial charge in [0.15, 0.2) is 0 Å². The van der Waals surface area contributed by atoms with E-state index in [4.69, 9.17) is 19.9 Å². The smallest absolute Gasteiger partial charge is 0.117 e. The maximum absolute atomic E-state index is 6.06. The Balaban J connectivity index is 4.36. The quantitative estimate of drug-likeness (QED) is 0.551. The maximum atomic E-state index is 6.06. The first-order chi connectivity index (χ1) is 10.9. The summed E-state index contributed by atoms with van der Waals surface area (Å²) < 4.78 is 17.1. The molecule has 144 valence electrons. The van der Waals surface area contributed by atoms with Gasteiger partial charge < -0.3 is 19.9 Å². The molecular weight excluding hydrogens is 304 g/mol. The first kappa shape index (κ1) is 23.4. The van der Waals surface area contributed by atoms with E-state index in [1.807, 2.05) is 27.7 Å². The molecule has 5 nitrogen and oxygen atoms in total. The third kappa shape index (κ3) is 10.3. The van der Waals surface area contributed by atoms with Gasteiger partial charge in [-0.3, -0.25) is 4.90 Å².